The van der Waals surface area contributed by atoms with Gasteiger partial charge in [-0.3, -0.25) is 0 Å². The number of aliphatic hydroxyl groups excluding tert-OH is 2. The minimum Gasteiger partial charge on any atom is -0.489 e. The van der Waals surface area contributed by atoms with Gasteiger partial charge in [0.1, 0.15) is 12.4 Å². The van der Waals surface area contributed by atoms with E-state index in [2.05, 4.69) is 0 Å². The Morgan fingerprint density at radius 1 is 1.28 bits per heavy atom. The predicted octanol–water partition coefficient (Wildman–Crippen LogP) is 1.51. The average Bonchev–Trinajstić information content (AvgIpc) is 2.34. The lowest BCUT2D eigenvalue weighted by Crippen LogP contribution is -2.24. The molecule has 0 aliphatic carbocycles. The molecule has 3 atom stereocenters. The predicted molar refractivity (Wildman–Crippen MR) is 76.0 cm³/mol. The second-order valence-corrected chi connectivity index (χ2v) is 5.69. The van der Waals surface area contributed by atoms with Gasteiger partial charge in [0.15, 0.2) is 0 Å². The zero-order valence-corrected chi connectivity index (χ0v) is 11.6. The molecule has 5 heteroatoms. The Kier molecular flexibility index (Phi) is 6.32. The van der Waals surface area contributed by atoms with Crippen LogP contribution in [0.25, 0.3) is 0 Å². The molecule has 4 nitrogen and oxygen atoms in total. The molecule has 1 rings (SSSR count). The van der Waals surface area contributed by atoms with Gasteiger partial charge in [0.2, 0.25) is 0 Å². The van der Waals surface area contributed by atoms with Crippen LogP contribution in [0.3, 0.4) is 0 Å². The normalized spacial score (nSPS) is 16.0. The molecule has 102 valence electrons. The number of hydrogen-bond acceptors (Lipinski definition) is 5. The van der Waals surface area contributed by atoms with E-state index in [1.807, 2.05) is 19.1 Å². The van der Waals surface area contributed by atoms with Gasteiger partial charge in [-0.25, -0.2) is 0 Å². The highest BCUT2D eigenvalue weighted by Gasteiger charge is 2.13. The number of nitrogen functional groups attached to an aromatic ring is 1. The molecule has 0 aromatic heterocycles. The van der Waals surface area contributed by atoms with Crippen molar-refractivity contribution in [1.29, 1.82) is 0 Å². The molecule has 0 saturated carbocycles. The first-order chi connectivity index (χ1) is 8.50. The van der Waals surface area contributed by atoms with E-state index in [0.717, 1.165) is 0 Å². The maximum Gasteiger partial charge on any atom is 0.142 e. The quantitative estimate of drug-likeness (QED) is 0.655. The minimum absolute atomic E-state index is 0.0986. The highest BCUT2D eigenvalue weighted by molar-refractivity contribution is 7.99. The van der Waals surface area contributed by atoms with Gasteiger partial charge in [0.05, 0.1) is 17.9 Å². The van der Waals surface area contributed by atoms with Crippen molar-refractivity contribution in [2.45, 2.75) is 31.3 Å². The molecule has 0 saturated heterocycles. The second-order valence-electron chi connectivity index (χ2n) is 4.28. The molecular weight excluding hydrogens is 250 g/mol. The number of benzene rings is 1. The van der Waals surface area contributed by atoms with Crippen LogP contribution in [0.5, 0.6) is 5.75 Å². The van der Waals surface area contributed by atoms with E-state index in [9.17, 15) is 10.2 Å². The van der Waals surface area contributed by atoms with Crippen LogP contribution in [0.1, 0.15) is 13.8 Å². The van der Waals surface area contributed by atoms with Gasteiger partial charge in [-0.15, -0.1) is 0 Å². The molecule has 0 bridgehead atoms. The fourth-order valence-electron chi connectivity index (χ4n) is 1.25. The molecule has 1 aromatic rings. The Morgan fingerprint density at radius 2 is 1.94 bits per heavy atom. The van der Waals surface area contributed by atoms with Crippen LogP contribution < -0.4 is 10.5 Å². The summed E-state index contributed by atoms with van der Waals surface area (Å²) in [7, 11) is 0. The lowest BCUT2D eigenvalue weighted by molar-refractivity contribution is 0.126. The Hall–Kier alpha value is -0.910. The summed E-state index contributed by atoms with van der Waals surface area (Å²) in [4.78, 5) is 0. The molecule has 18 heavy (non-hydrogen) atoms. The largest absolute Gasteiger partial charge is 0.489 e. The molecule has 0 aliphatic heterocycles. The van der Waals surface area contributed by atoms with E-state index >= 15 is 0 Å². The minimum atomic E-state index is -0.573. The van der Waals surface area contributed by atoms with Crippen LogP contribution in [0.15, 0.2) is 24.3 Å². The molecule has 0 amide bonds. The van der Waals surface area contributed by atoms with Gasteiger partial charge in [-0.1, -0.05) is 19.1 Å². The van der Waals surface area contributed by atoms with Gasteiger partial charge >= 0.3 is 0 Å². The number of nitrogens with two attached hydrogens (primary N) is 1. The topological polar surface area (TPSA) is 75.7 Å². The number of hydrogen-bond donors (Lipinski definition) is 3. The van der Waals surface area contributed by atoms with Crippen LogP contribution in [0.4, 0.5) is 5.69 Å². The van der Waals surface area contributed by atoms with Crippen LogP contribution in [-0.2, 0) is 0 Å². The van der Waals surface area contributed by atoms with E-state index in [0.29, 0.717) is 17.2 Å². The fraction of sp³-hybridized carbons (Fsp3) is 0.538. The van der Waals surface area contributed by atoms with Gasteiger partial charge in [-0.2, -0.15) is 11.8 Å². The molecule has 3 unspecified atom stereocenters. The number of rotatable bonds is 7. The summed E-state index contributed by atoms with van der Waals surface area (Å²) in [6.07, 6.45) is -0.955. The van der Waals surface area contributed by atoms with Crippen LogP contribution in [-0.4, -0.2) is 40.0 Å². The fourth-order valence-corrected chi connectivity index (χ4v) is 2.15. The van der Waals surface area contributed by atoms with Gasteiger partial charge < -0.3 is 20.7 Å². The molecule has 4 N–H and O–H groups in total. The Labute approximate surface area is 112 Å². The van der Waals surface area contributed by atoms with Gasteiger partial charge in [-0.05, 0) is 19.1 Å². The van der Waals surface area contributed by atoms with E-state index < -0.39 is 6.10 Å². The maximum atomic E-state index is 9.76. The van der Waals surface area contributed by atoms with E-state index in [1.54, 1.807) is 19.1 Å². The summed E-state index contributed by atoms with van der Waals surface area (Å²) < 4.78 is 5.44. The molecule has 1 aromatic carbocycles. The Balaban J connectivity index is 2.29. The summed E-state index contributed by atoms with van der Waals surface area (Å²) in [6.45, 7) is 3.87. The standard InChI is InChI=1S/C13H21NO3S/c1-9(15)10(2)18-8-11(16)7-17-13-6-4-3-5-12(13)14/h3-6,9-11,15-16H,7-8,14H2,1-2H3. The van der Waals surface area contributed by atoms with Crippen LogP contribution in [0.2, 0.25) is 0 Å². The van der Waals surface area contributed by atoms with Crippen molar-refractivity contribution >= 4 is 17.4 Å². The van der Waals surface area contributed by atoms with Crippen LogP contribution >= 0.6 is 11.8 Å². The van der Waals surface area contributed by atoms with Crippen molar-refractivity contribution < 1.29 is 14.9 Å². The third-order valence-electron chi connectivity index (χ3n) is 2.58. The summed E-state index contributed by atoms with van der Waals surface area (Å²) in [5.74, 6) is 1.11. The number of para-hydroxylation sites is 2. The zero-order valence-electron chi connectivity index (χ0n) is 10.7. The summed E-state index contributed by atoms with van der Waals surface area (Å²) in [6, 6.07) is 7.20. The van der Waals surface area contributed by atoms with Crippen molar-refractivity contribution in [2.24, 2.45) is 0 Å². The second kappa shape index (κ2) is 7.51. The molecule has 0 spiro atoms. The van der Waals surface area contributed by atoms with Crippen molar-refractivity contribution in [3.8, 4) is 5.75 Å². The Bertz CT molecular complexity index is 360. The first-order valence-electron chi connectivity index (χ1n) is 5.95. The van der Waals surface area contributed by atoms with Crippen molar-refractivity contribution in [2.75, 3.05) is 18.1 Å². The lowest BCUT2D eigenvalue weighted by Gasteiger charge is -2.17. The van der Waals surface area contributed by atoms with Gasteiger partial charge in [0.25, 0.3) is 0 Å². The van der Waals surface area contributed by atoms with Crippen LogP contribution in [0, 0.1) is 0 Å². The van der Waals surface area contributed by atoms with E-state index in [1.165, 1.54) is 11.8 Å². The Morgan fingerprint density at radius 3 is 2.56 bits per heavy atom. The number of anilines is 1. The third-order valence-corrected chi connectivity index (χ3v) is 4.08. The first kappa shape index (κ1) is 15.1. The highest BCUT2D eigenvalue weighted by atomic mass is 32.2. The van der Waals surface area contributed by atoms with Crippen molar-refractivity contribution in [3.63, 3.8) is 0 Å². The summed E-state index contributed by atoms with van der Waals surface area (Å²) in [5.41, 5.74) is 6.29. The van der Waals surface area contributed by atoms with Crippen molar-refractivity contribution in [3.05, 3.63) is 24.3 Å². The maximum absolute atomic E-state index is 9.76. The van der Waals surface area contributed by atoms with Gasteiger partial charge in [0, 0.05) is 11.0 Å². The number of thioether (sulfide) groups is 1. The molecule has 0 aliphatic rings. The molecule has 0 heterocycles. The first-order valence-corrected chi connectivity index (χ1v) is 7.00. The number of aliphatic hydroxyl groups is 2. The molecule has 0 fully saturated rings. The third kappa shape index (κ3) is 5.16. The monoisotopic (exact) mass is 271 g/mol. The smallest absolute Gasteiger partial charge is 0.142 e. The number of ether oxygens (including phenoxy) is 1. The SMILES string of the molecule is CC(O)C(C)SCC(O)COc1ccccc1N. The molecule has 0 radical (unpaired) electrons. The summed E-state index contributed by atoms with van der Waals surface area (Å²) in [5, 5.41) is 19.2. The van der Waals surface area contributed by atoms with E-state index in [4.69, 9.17) is 10.5 Å². The highest BCUT2D eigenvalue weighted by Crippen LogP contribution is 2.20. The molecular formula is C13H21NO3S. The van der Waals surface area contributed by atoms with Crippen molar-refractivity contribution in [1.82, 2.24) is 0 Å². The lowest BCUT2D eigenvalue weighted by atomic mass is 10.3. The van der Waals surface area contributed by atoms with E-state index in [-0.39, 0.29) is 18.0 Å². The zero-order chi connectivity index (χ0) is 13.5. The summed E-state index contributed by atoms with van der Waals surface area (Å²) >= 11 is 1.52. The average molecular weight is 271 g/mol.